The SMILES string of the molecule is CCCCCCCC/C=C\CCCCCCCCCCCC(=O)OCC(COCC(COCC(O)CO)OCC(O)CO)OCC(COCC(CO)OCC(O)CO)OCC(COCC(O)CO)OCC(O)CO. The van der Waals surface area contributed by atoms with Crippen molar-refractivity contribution >= 4 is 5.97 Å². The largest absolute Gasteiger partial charge is 0.463 e. The van der Waals surface area contributed by atoms with E-state index in [1.54, 1.807) is 0 Å². The monoisotopic (exact) mass is 1080 g/mol. The highest BCUT2D eigenvalue weighted by Crippen LogP contribution is 2.14. The summed E-state index contributed by atoms with van der Waals surface area (Å²) in [4.78, 5) is 13.0. The van der Waals surface area contributed by atoms with Crippen molar-refractivity contribution < 1.29 is 108 Å². The summed E-state index contributed by atoms with van der Waals surface area (Å²) in [5.41, 5.74) is 0. The van der Waals surface area contributed by atoms with Crippen molar-refractivity contribution in [3.8, 4) is 0 Å². The van der Waals surface area contributed by atoms with Gasteiger partial charge in [-0.25, -0.2) is 0 Å². The van der Waals surface area contributed by atoms with E-state index in [1.165, 1.54) is 70.6 Å². The molecule has 0 rings (SSSR count). The number of unbranched alkanes of at least 4 members (excludes halogenated alkanes) is 15. The fourth-order valence-electron chi connectivity index (χ4n) is 6.86. The molecule has 0 bridgehead atoms. The highest BCUT2D eigenvalue weighted by Gasteiger charge is 2.23. The van der Waals surface area contributed by atoms with Gasteiger partial charge in [-0.15, -0.1) is 0 Å². The lowest BCUT2D eigenvalue weighted by molar-refractivity contribution is -0.160. The van der Waals surface area contributed by atoms with Gasteiger partial charge in [0.2, 0.25) is 0 Å². The summed E-state index contributed by atoms with van der Waals surface area (Å²) < 4.78 is 57.5. The van der Waals surface area contributed by atoms with Gasteiger partial charge in [0, 0.05) is 6.42 Å². The third-order valence-corrected chi connectivity index (χ3v) is 11.4. The van der Waals surface area contributed by atoms with Crippen LogP contribution in [0.25, 0.3) is 0 Å². The zero-order valence-corrected chi connectivity index (χ0v) is 44.7. The summed E-state index contributed by atoms with van der Waals surface area (Å²) in [5, 5.41) is 105. The normalized spacial score (nSPS) is 16.2. The van der Waals surface area contributed by atoms with Crippen molar-refractivity contribution in [1.82, 2.24) is 0 Å². The second kappa shape index (κ2) is 53.4. The lowest BCUT2D eigenvalue weighted by Crippen LogP contribution is -2.38. The molecule has 74 heavy (non-hydrogen) atoms. The predicted octanol–water partition coefficient (Wildman–Crippen LogP) is 0.878. The average Bonchev–Trinajstić information content (AvgIpc) is 3.41. The molecule has 0 amide bonds. The molecule has 0 aliphatic carbocycles. The Kier molecular flexibility index (Phi) is 52.3. The molecule has 0 aliphatic rings. The second-order valence-corrected chi connectivity index (χ2v) is 18.7. The van der Waals surface area contributed by atoms with Gasteiger partial charge in [0.25, 0.3) is 0 Å². The van der Waals surface area contributed by atoms with Crippen LogP contribution in [0.5, 0.6) is 0 Å². The first kappa shape index (κ1) is 72.4. The van der Waals surface area contributed by atoms with Crippen molar-refractivity contribution in [1.29, 1.82) is 0 Å². The summed E-state index contributed by atoms with van der Waals surface area (Å²) in [6.07, 6.45) is 14.7. The zero-order chi connectivity index (χ0) is 54.7. The van der Waals surface area contributed by atoms with Gasteiger partial charge < -0.3 is 104 Å². The van der Waals surface area contributed by atoms with E-state index in [1.807, 2.05) is 0 Å². The van der Waals surface area contributed by atoms with Crippen LogP contribution in [0.1, 0.15) is 122 Å². The van der Waals surface area contributed by atoms with Crippen LogP contribution in [0.15, 0.2) is 12.2 Å². The van der Waals surface area contributed by atoms with E-state index in [0.717, 1.165) is 32.1 Å². The van der Waals surface area contributed by atoms with Gasteiger partial charge in [-0.3, -0.25) is 4.79 Å². The molecule has 10 unspecified atom stereocenters. The smallest absolute Gasteiger partial charge is 0.305 e. The van der Waals surface area contributed by atoms with Crippen LogP contribution >= 0.6 is 0 Å². The lowest BCUT2D eigenvalue weighted by atomic mass is 10.1. The molecule has 22 nitrogen and oxygen atoms in total. The van der Waals surface area contributed by atoms with Gasteiger partial charge in [0.1, 0.15) is 67.6 Å². The van der Waals surface area contributed by atoms with Gasteiger partial charge in [-0.2, -0.15) is 0 Å². The molecule has 0 aromatic carbocycles. The number of ether oxygens (including phenoxy) is 10. The van der Waals surface area contributed by atoms with E-state index < -0.39 is 107 Å². The maximum atomic E-state index is 13.0. The number of carbonyl (C=O) groups is 1. The number of aliphatic hydroxyl groups excluding tert-OH is 11. The van der Waals surface area contributed by atoms with Crippen LogP contribution in [-0.2, 0) is 52.2 Å². The molecule has 10 atom stereocenters. The minimum Gasteiger partial charge on any atom is -0.463 e. The van der Waals surface area contributed by atoms with Crippen molar-refractivity contribution in [3.63, 3.8) is 0 Å². The van der Waals surface area contributed by atoms with Crippen molar-refractivity contribution in [2.75, 3.05) is 132 Å². The van der Waals surface area contributed by atoms with Crippen LogP contribution in [0.3, 0.4) is 0 Å². The number of allylic oxidation sites excluding steroid dienone is 2. The third-order valence-electron chi connectivity index (χ3n) is 11.4. The fourth-order valence-corrected chi connectivity index (χ4v) is 6.86. The lowest BCUT2D eigenvalue weighted by Gasteiger charge is -2.26. The van der Waals surface area contributed by atoms with Gasteiger partial charge in [-0.1, -0.05) is 96.1 Å². The topological polar surface area (TPSA) is 332 Å². The first-order valence-corrected chi connectivity index (χ1v) is 27.2. The molecule has 0 saturated carbocycles. The van der Waals surface area contributed by atoms with E-state index in [9.17, 15) is 55.9 Å². The summed E-state index contributed by atoms with van der Waals surface area (Å²) in [6.45, 7) is -3.70. The molecule has 0 aromatic heterocycles. The van der Waals surface area contributed by atoms with Crippen LogP contribution < -0.4 is 0 Å². The van der Waals surface area contributed by atoms with E-state index in [4.69, 9.17) is 52.5 Å². The standard InChI is InChI=1S/C52H102O22/c1-2-3-4-5-6-7-8-9-10-11-12-13-14-15-16-17-18-19-20-21-52(64)74-41-51(38-68-35-48(70-31-45(62)25-56)34-65-28-42(59)22-53)73-40-50(37-67-33-47(27-58)69-30-44(61)24-55)72-39-49(71-32-46(63)26-57)36-66-29-43(60)23-54/h9-10,42-51,53-63H,2-8,11-41H2,1H3/b10-9-. The van der Waals surface area contributed by atoms with Crippen molar-refractivity contribution in [2.45, 2.75) is 184 Å². The molecule has 22 heteroatoms. The Morgan fingerprint density at radius 2 is 0.635 bits per heavy atom. The van der Waals surface area contributed by atoms with Gasteiger partial charge in [0.15, 0.2) is 0 Å². The van der Waals surface area contributed by atoms with Crippen molar-refractivity contribution in [2.24, 2.45) is 0 Å². The predicted molar refractivity (Wildman–Crippen MR) is 273 cm³/mol. The van der Waals surface area contributed by atoms with Crippen LogP contribution in [0, 0.1) is 0 Å². The molecule has 442 valence electrons. The maximum absolute atomic E-state index is 13.0. The van der Waals surface area contributed by atoms with Crippen LogP contribution in [0.2, 0.25) is 0 Å². The van der Waals surface area contributed by atoms with Gasteiger partial charge >= 0.3 is 5.97 Å². The first-order valence-electron chi connectivity index (χ1n) is 27.2. The minimum atomic E-state index is -1.21. The average molecular weight is 1080 g/mol. The van der Waals surface area contributed by atoms with E-state index in [-0.39, 0.29) is 98.9 Å². The van der Waals surface area contributed by atoms with Crippen molar-refractivity contribution in [3.05, 3.63) is 12.2 Å². The molecular weight excluding hydrogens is 977 g/mol. The highest BCUT2D eigenvalue weighted by molar-refractivity contribution is 5.69. The Morgan fingerprint density at radius 3 is 1.03 bits per heavy atom. The molecule has 0 aliphatic heterocycles. The summed E-state index contributed by atoms with van der Waals surface area (Å²) in [6, 6.07) is 0. The minimum absolute atomic E-state index is 0.112. The number of hydrogen-bond acceptors (Lipinski definition) is 22. The van der Waals surface area contributed by atoms with E-state index >= 15 is 0 Å². The number of carbonyl (C=O) groups excluding carboxylic acids is 1. The summed E-state index contributed by atoms with van der Waals surface area (Å²) in [7, 11) is 0. The van der Waals surface area contributed by atoms with Crippen LogP contribution in [-0.4, -0.2) is 255 Å². The number of hydrogen-bond donors (Lipinski definition) is 11. The Morgan fingerprint density at radius 1 is 0.338 bits per heavy atom. The quantitative estimate of drug-likeness (QED) is 0.0229. The van der Waals surface area contributed by atoms with Crippen LogP contribution in [0.4, 0.5) is 0 Å². The number of aliphatic hydroxyl groups is 11. The third kappa shape index (κ3) is 46.5. The maximum Gasteiger partial charge on any atom is 0.305 e. The highest BCUT2D eigenvalue weighted by atomic mass is 16.6. The number of rotatable bonds is 58. The molecule has 0 radical (unpaired) electrons. The zero-order valence-electron chi connectivity index (χ0n) is 44.7. The van der Waals surface area contributed by atoms with E-state index in [2.05, 4.69) is 19.1 Å². The summed E-state index contributed by atoms with van der Waals surface area (Å²) in [5.74, 6) is -0.427. The Hall–Kier alpha value is -1.59. The van der Waals surface area contributed by atoms with Gasteiger partial charge in [0.05, 0.1) is 126 Å². The molecule has 0 fully saturated rings. The number of esters is 1. The summed E-state index contributed by atoms with van der Waals surface area (Å²) >= 11 is 0. The molecular formula is C52H102O22. The molecule has 11 N–H and O–H groups in total. The second-order valence-electron chi connectivity index (χ2n) is 18.7. The van der Waals surface area contributed by atoms with E-state index in [0.29, 0.717) is 6.42 Å². The first-order chi connectivity index (χ1) is 35.9. The Bertz CT molecular complexity index is 1210. The molecule has 0 heterocycles. The van der Waals surface area contributed by atoms with Gasteiger partial charge in [-0.05, 0) is 32.1 Å². The molecule has 0 spiro atoms. The Balaban J connectivity index is 5.64. The molecule has 0 saturated heterocycles. The molecule has 0 aromatic rings. The Labute approximate surface area is 441 Å². The fraction of sp³-hybridized carbons (Fsp3) is 0.942.